The number of carbonyl (C=O) groups is 2. The number of methoxy groups -OCH3 is 2. The van der Waals surface area contributed by atoms with Crippen LogP contribution in [0.25, 0.3) is 0 Å². The second kappa shape index (κ2) is 11.6. The van der Waals surface area contributed by atoms with Gasteiger partial charge in [-0.2, -0.15) is 0 Å². The highest BCUT2D eigenvalue weighted by molar-refractivity contribution is 6.04. The maximum absolute atomic E-state index is 14.3. The fourth-order valence-electron chi connectivity index (χ4n) is 5.09. The second-order valence-electron chi connectivity index (χ2n) is 9.02. The molecule has 0 amide bonds. The van der Waals surface area contributed by atoms with Gasteiger partial charge in [0.2, 0.25) is 0 Å². The quantitative estimate of drug-likeness (QED) is 0.385. The number of hydrogen-bond acceptors (Lipinski definition) is 7. The van der Waals surface area contributed by atoms with E-state index in [1.165, 1.54) is 12.1 Å². The van der Waals surface area contributed by atoms with Crippen LogP contribution in [-0.2, 0) is 19.1 Å². The second-order valence-corrected chi connectivity index (χ2v) is 9.02. The van der Waals surface area contributed by atoms with Crippen LogP contribution < -0.4 is 14.8 Å². The number of ether oxygens (including phenoxy) is 4. The zero-order valence-corrected chi connectivity index (χ0v) is 21.6. The molecule has 0 saturated carbocycles. The van der Waals surface area contributed by atoms with Crippen molar-refractivity contribution in [3.8, 4) is 11.5 Å². The molecule has 2 aromatic rings. The van der Waals surface area contributed by atoms with Crippen molar-refractivity contribution >= 4 is 11.8 Å². The summed E-state index contributed by atoms with van der Waals surface area (Å²) in [6.07, 6.45) is 0.792. The first-order chi connectivity index (χ1) is 17.9. The van der Waals surface area contributed by atoms with Crippen LogP contribution in [0, 0.1) is 5.82 Å². The van der Waals surface area contributed by atoms with Crippen molar-refractivity contribution in [1.29, 1.82) is 0 Å². The third-order valence-corrected chi connectivity index (χ3v) is 6.77. The van der Waals surface area contributed by atoms with Crippen LogP contribution in [-0.4, -0.2) is 45.8 Å². The van der Waals surface area contributed by atoms with E-state index in [0.29, 0.717) is 46.9 Å². The molecule has 0 unspecified atom stereocenters. The molecular formula is C29H32FNO6. The van der Waals surface area contributed by atoms with Gasteiger partial charge in [-0.15, -0.1) is 0 Å². The normalized spacial score (nSPS) is 19.3. The number of rotatable bonds is 9. The Balaban J connectivity index is 1.71. The lowest BCUT2D eigenvalue weighted by atomic mass is 9.71. The molecular weight excluding hydrogens is 477 g/mol. The Morgan fingerprint density at radius 3 is 2.51 bits per heavy atom. The molecule has 0 spiro atoms. The molecule has 0 aromatic heterocycles. The van der Waals surface area contributed by atoms with Crippen molar-refractivity contribution in [2.75, 3.05) is 34.0 Å². The molecule has 0 fully saturated rings. The number of ketones is 1. The molecule has 1 aliphatic carbocycles. The minimum Gasteiger partial charge on any atom is -0.493 e. The summed E-state index contributed by atoms with van der Waals surface area (Å²) in [5.74, 6) is -0.720. The average Bonchev–Trinajstić information content (AvgIpc) is 2.89. The Morgan fingerprint density at radius 1 is 1.03 bits per heavy atom. The zero-order chi connectivity index (χ0) is 26.5. The van der Waals surface area contributed by atoms with Gasteiger partial charge in [0, 0.05) is 35.9 Å². The fourth-order valence-corrected chi connectivity index (χ4v) is 5.09. The van der Waals surface area contributed by atoms with Crippen molar-refractivity contribution in [1.82, 2.24) is 5.32 Å². The lowest BCUT2D eigenvalue weighted by Crippen LogP contribution is -2.36. The Morgan fingerprint density at radius 2 is 1.81 bits per heavy atom. The molecule has 2 aromatic carbocycles. The number of esters is 1. The lowest BCUT2D eigenvalue weighted by Gasteiger charge is -2.36. The maximum atomic E-state index is 14.3. The highest BCUT2D eigenvalue weighted by Crippen LogP contribution is 2.46. The summed E-state index contributed by atoms with van der Waals surface area (Å²) in [4.78, 5) is 26.9. The van der Waals surface area contributed by atoms with Gasteiger partial charge in [0.05, 0.1) is 26.4 Å². The summed E-state index contributed by atoms with van der Waals surface area (Å²) in [5.41, 5.74) is 3.57. The average molecular weight is 510 g/mol. The molecule has 1 aliphatic heterocycles. The summed E-state index contributed by atoms with van der Waals surface area (Å²) in [5, 5.41) is 3.30. The summed E-state index contributed by atoms with van der Waals surface area (Å²) < 4.78 is 35.8. The van der Waals surface area contributed by atoms with Gasteiger partial charge in [0.1, 0.15) is 12.4 Å². The molecule has 0 radical (unpaired) electrons. The monoisotopic (exact) mass is 509 g/mol. The zero-order valence-electron chi connectivity index (χ0n) is 21.6. The van der Waals surface area contributed by atoms with Crippen molar-refractivity contribution in [3.63, 3.8) is 0 Å². The van der Waals surface area contributed by atoms with E-state index >= 15 is 0 Å². The Hall–Kier alpha value is -3.65. The van der Waals surface area contributed by atoms with Crippen LogP contribution in [0.2, 0.25) is 0 Å². The van der Waals surface area contributed by atoms with Gasteiger partial charge in [-0.25, -0.2) is 9.18 Å². The van der Waals surface area contributed by atoms with E-state index < -0.39 is 17.7 Å². The van der Waals surface area contributed by atoms with Crippen LogP contribution in [0.5, 0.6) is 11.5 Å². The van der Waals surface area contributed by atoms with E-state index in [1.807, 2.05) is 25.1 Å². The van der Waals surface area contributed by atoms with Crippen molar-refractivity contribution in [2.24, 2.45) is 0 Å². The molecule has 37 heavy (non-hydrogen) atoms. The van der Waals surface area contributed by atoms with Crippen LogP contribution >= 0.6 is 0 Å². The first-order valence-electron chi connectivity index (χ1n) is 12.3. The van der Waals surface area contributed by atoms with Gasteiger partial charge in [-0.05, 0) is 61.6 Å². The smallest absolute Gasteiger partial charge is 0.336 e. The van der Waals surface area contributed by atoms with Gasteiger partial charge in [0.25, 0.3) is 0 Å². The molecule has 0 saturated heterocycles. The number of allylic oxidation sites excluding steroid dienone is 3. The molecule has 1 N–H and O–H groups in total. The summed E-state index contributed by atoms with van der Waals surface area (Å²) in [7, 11) is 3.15. The fraction of sp³-hybridized carbons (Fsp3) is 0.379. The van der Waals surface area contributed by atoms with Gasteiger partial charge in [0.15, 0.2) is 17.3 Å². The van der Waals surface area contributed by atoms with Crippen LogP contribution in [0.3, 0.4) is 0 Å². The highest BCUT2D eigenvalue weighted by Gasteiger charge is 2.41. The summed E-state index contributed by atoms with van der Waals surface area (Å²) in [6, 6.07) is 11.7. The van der Waals surface area contributed by atoms with Gasteiger partial charge >= 0.3 is 5.97 Å². The van der Waals surface area contributed by atoms with E-state index in [1.54, 1.807) is 33.3 Å². The molecule has 2 atom stereocenters. The number of halogens is 1. The van der Waals surface area contributed by atoms with E-state index in [-0.39, 0.29) is 31.3 Å². The third-order valence-electron chi connectivity index (χ3n) is 6.77. The first kappa shape index (κ1) is 26.4. The number of hydrogen-bond donors (Lipinski definition) is 1. The molecule has 2 aliphatic rings. The molecule has 196 valence electrons. The van der Waals surface area contributed by atoms with Gasteiger partial charge in [-0.3, -0.25) is 4.79 Å². The minimum atomic E-state index is -0.731. The predicted molar refractivity (Wildman–Crippen MR) is 136 cm³/mol. The molecule has 7 nitrogen and oxygen atoms in total. The number of nitrogens with one attached hydrogen (secondary N) is 1. The number of benzene rings is 2. The van der Waals surface area contributed by atoms with Crippen LogP contribution in [0.1, 0.15) is 49.7 Å². The van der Waals surface area contributed by atoms with Crippen molar-refractivity contribution in [3.05, 3.63) is 81.9 Å². The topological polar surface area (TPSA) is 83.1 Å². The molecule has 8 heteroatoms. The van der Waals surface area contributed by atoms with Crippen molar-refractivity contribution in [2.45, 2.75) is 38.5 Å². The number of carbonyl (C=O) groups excluding carboxylic acids is 2. The van der Waals surface area contributed by atoms with Gasteiger partial charge < -0.3 is 24.3 Å². The summed E-state index contributed by atoms with van der Waals surface area (Å²) >= 11 is 0. The van der Waals surface area contributed by atoms with E-state index in [2.05, 4.69) is 5.32 Å². The predicted octanol–water partition coefficient (Wildman–Crippen LogP) is 4.78. The molecule has 1 heterocycles. The Kier molecular flexibility index (Phi) is 8.28. The van der Waals surface area contributed by atoms with E-state index in [0.717, 1.165) is 11.3 Å². The number of Topliss-reactive ketones (excluding diaryl/α,β-unsaturated/α-hetero) is 1. The summed E-state index contributed by atoms with van der Waals surface area (Å²) in [6.45, 7) is 4.50. The Labute approximate surface area is 216 Å². The van der Waals surface area contributed by atoms with Crippen LogP contribution in [0.4, 0.5) is 4.39 Å². The minimum absolute atomic E-state index is 0.0839. The maximum Gasteiger partial charge on any atom is 0.336 e. The van der Waals surface area contributed by atoms with Gasteiger partial charge in [-0.1, -0.05) is 18.2 Å². The highest BCUT2D eigenvalue weighted by atomic mass is 19.1. The first-order valence-corrected chi connectivity index (χ1v) is 12.3. The number of dihydropyridines is 1. The standard InChI is InChI=1S/C29H32FNO6/c1-5-36-11-12-37-29(33)26-17(2)31-22-14-20(18-9-10-24(34-3)25(16-18)35-4)15-23(32)28(22)27(26)19-7-6-8-21(30)13-19/h6-10,13,16,20,27,31H,5,11-12,14-15H2,1-4H3/t20-,27+/m1/s1. The van der Waals surface area contributed by atoms with Crippen molar-refractivity contribution < 1.29 is 32.9 Å². The van der Waals surface area contributed by atoms with E-state index in [4.69, 9.17) is 18.9 Å². The van der Waals surface area contributed by atoms with Crippen LogP contribution in [0.15, 0.2) is 65.0 Å². The third kappa shape index (κ3) is 5.54. The SMILES string of the molecule is CCOCCOC(=O)C1=C(C)NC2=C(C(=O)C[C@H](c3ccc(OC)c(OC)c3)C2)[C@H]1c1cccc(F)c1. The largest absolute Gasteiger partial charge is 0.493 e. The molecule has 0 bridgehead atoms. The molecule has 4 rings (SSSR count). The Bertz CT molecular complexity index is 1250. The lowest BCUT2D eigenvalue weighted by molar-refractivity contribution is -0.140. The van der Waals surface area contributed by atoms with E-state index in [9.17, 15) is 14.0 Å².